The Kier molecular flexibility index (Phi) is 8.10. The molecule has 1 aliphatic heterocycles. The van der Waals surface area contributed by atoms with Gasteiger partial charge in [0, 0.05) is 15.8 Å². The van der Waals surface area contributed by atoms with Crippen LogP contribution in [0.1, 0.15) is 31.1 Å². The van der Waals surface area contributed by atoms with E-state index in [4.69, 9.17) is 0 Å². The Bertz CT molecular complexity index is 421. The molecule has 0 radical (unpaired) electrons. The van der Waals surface area contributed by atoms with Gasteiger partial charge in [0.25, 0.3) is 0 Å². The minimum Gasteiger partial charge on any atom is -0.351 e. The molecule has 2 N–H and O–H groups in total. The van der Waals surface area contributed by atoms with E-state index < -0.39 is 0 Å². The van der Waals surface area contributed by atoms with Gasteiger partial charge in [-0.2, -0.15) is 0 Å². The van der Waals surface area contributed by atoms with Crippen LogP contribution in [0.5, 0.6) is 0 Å². The molecular weight excluding hydrogens is 360 g/mol. The highest BCUT2D eigenvalue weighted by molar-refractivity contribution is 9.10. The fraction of sp³-hybridized carbons (Fsp3) is 0.643. The van der Waals surface area contributed by atoms with E-state index in [9.17, 15) is 4.79 Å². The van der Waals surface area contributed by atoms with Crippen molar-refractivity contribution in [3.63, 3.8) is 0 Å². The third-order valence-electron chi connectivity index (χ3n) is 3.78. The largest absolute Gasteiger partial charge is 0.351 e. The van der Waals surface area contributed by atoms with E-state index in [1.807, 2.05) is 11.4 Å². The Morgan fingerprint density at radius 2 is 2.45 bits per heavy atom. The van der Waals surface area contributed by atoms with E-state index in [2.05, 4.69) is 33.5 Å². The van der Waals surface area contributed by atoms with Crippen LogP contribution in [0, 0.1) is 11.8 Å². The van der Waals surface area contributed by atoms with Gasteiger partial charge in [0.2, 0.25) is 5.91 Å². The minimum absolute atomic E-state index is 0. The number of piperidine rings is 1. The number of rotatable bonds is 5. The highest BCUT2D eigenvalue weighted by Gasteiger charge is 2.21. The topological polar surface area (TPSA) is 41.1 Å². The zero-order valence-corrected chi connectivity index (χ0v) is 14.9. The second-order valence-corrected chi connectivity index (χ2v) is 7.11. The summed E-state index contributed by atoms with van der Waals surface area (Å²) in [4.78, 5) is 13.1. The van der Waals surface area contributed by atoms with Crippen molar-refractivity contribution in [2.75, 3.05) is 13.1 Å². The SMILES string of the molecule is CC(CC(=O)NCc1sccc1Br)C1CCCNC1.Cl. The van der Waals surface area contributed by atoms with Gasteiger partial charge in [-0.3, -0.25) is 4.79 Å². The van der Waals surface area contributed by atoms with E-state index in [0.29, 0.717) is 24.8 Å². The molecule has 2 heterocycles. The summed E-state index contributed by atoms with van der Waals surface area (Å²) < 4.78 is 1.09. The Balaban J connectivity index is 0.00000200. The lowest BCUT2D eigenvalue weighted by Crippen LogP contribution is -2.35. The lowest BCUT2D eigenvalue weighted by molar-refractivity contribution is -0.122. The minimum atomic E-state index is 0. The predicted octanol–water partition coefficient (Wildman–Crippen LogP) is 3.57. The Labute approximate surface area is 139 Å². The monoisotopic (exact) mass is 380 g/mol. The quantitative estimate of drug-likeness (QED) is 0.818. The molecule has 2 rings (SSSR count). The van der Waals surface area contributed by atoms with Crippen molar-refractivity contribution in [2.45, 2.75) is 32.7 Å². The molecule has 0 aromatic carbocycles. The Morgan fingerprint density at radius 3 is 3.05 bits per heavy atom. The number of hydrogen-bond acceptors (Lipinski definition) is 3. The summed E-state index contributed by atoms with van der Waals surface area (Å²) in [5.41, 5.74) is 0. The average Bonchev–Trinajstić information content (AvgIpc) is 2.83. The summed E-state index contributed by atoms with van der Waals surface area (Å²) in [5, 5.41) is 8.46. The van der Waals surface area contributed by atoms with Crippen LogP contribution in [-0.4, -0.2) is 19.0 Å². The van der Waals surface area contributed by atoms with Gasteiger partial charge in [-0.25, -0.2) is 0 Å². The van der Waals surface area contributed by atoms with Crippen LogP contribution < -0.4 is 10.6 Å². The molecule has 114 valence electrons. The van der Waals surface area contributed by atoms with Crippen molar-refractivity contribution in [3.05, 3.63) is 20.8 Å². The van der Waals surface area contributed by atoms with Crippen molar-refractivity contribution in [1.82, 2.24) is 10.6 Å². The van der Waals surface area contributed by atoms with Crippen molar-refractivity contribution >= 4 is 45.6 Å². The highest BCUT2D eigenvalue weighted by Crippen LogP contribution is 2.24. The molecule has 1 amide bonds. The van der Waals surface area contributed by atoms with Gasteiger partial charge in [-0.15, -0.1) is 23.7 Å². The van der Waals surface area contributed by atoms with Gasteiger partial charge < -0.3 is 10.6 Å². The molecule has 2 atom stereocenters. The maximum atomic E-state index is 12.0. The summed E-state index contributed by atoms with van der Waals surface area (Å²) in [6.45, 7) is 5.01. The van der Waals surface area contributed by atoms with Crippen molar-refractivity contribution < 1.29 is 4.79 Å². The third kappa shape index (κ3) is 5.35. The molecule has 1 saturated heterocycles. The normalized spacial score (nSPS) is 20.0. The molecule has 3 nitrogen and oxygen atoms in total. The van der Waals surface area contributed by atoms with Gasteiger partial charge in [0.15, 0.2) is 0 Å². The van der Waals surface area contributed by atoms with Gasteiger partial charge in [0.05, 0.1) is 6.54 Å². The highest BCUT2D eigenvalue weighted by atomic mass is 79.9. The Morgan fingerprint density at radius 1 is 1.65 bits per heavy atom. The number of halogens is 2. The van der Waals surface area contributed by atoms with Gasteiger partial charge in [-0.05, 0) is 65.1 Å². The summed E-state index contributed by atoms with van der Waals surface area (Å²) in [5.74, 6) is 1.27. The van der Waals surface area contributed by atoms with Crippen molar-refractivity contribution in [3.8, 4) is 0 Å². The maximum absolute atomic E-state index is 12.0. The number of amides is 1. The molecule has 0 bridgehead atoms. The van der Waals surface area contributed by atoms with E-state index in [1.54, 1.807) is 11.3 Å². The first-order valence-corrected chi connectivity index (χ1v) is 8.53. The first-order valence-electron chi connectivity index (χ1n) is 6.86. The summed E-state index contributed by atoms with van der Waals surface area (Å²) in [6.07, 6.45) is 3.12. The second kappa shape index (κ2) is 9.03. The summed E-state index contributed by atoms with van der Waals surface area (Å²) >= 11 is 5.15. The standard InChI is InChI=1S/C14H21BrN2OS.ClH/c1-10(11-3-2-5-16-8-11)7-14(18)17-9-13-12(15)4-6-19-13;/h4,6,10-11,16H,2-3,5,7-9H2,1H3,(H,17,18);1H. The van der Waals surface area contributed by atoms with E-state index in [-0.39, 0.29) is 18.3 Å². The van der Waals surface area contributed by atoms with Gasteiger partial charge in [0.1, 0.15) is 0 Å². The molecule has 20 heavy (non-hydrogen) atoms. The number of hydrogen-bond donors (Lipinski definition) is 2. The second-order valence-electron chi connectivity index (χ2n) is 5.26. The zero-order valence-electron chi connectivity index (χ0n) is 11.7. The predicted molar refractivity (Wildman–Crippen MR) is 90.5 cm³/mol. The molecule has 2 unspecified atom stereocenters. The fourth-order valence-corrected chi connectivity index (χ4v) is 3.96. The van der Waals surface area contributed by atoms with Crippen molar-refractivity contribution in [1.29, 1.82) is 0 Å². The number of nitrogens with one attached hydrogen (secondary N) is 2. The first-order chi connectivity index (χ1) is 9.16. The van der Waals surface area contributed by atoms with Crippen LogP contribution in [0.4, 0.5) is 0 Å². The van der Waals surface area contributed by atoms with E-state index in [1.165, 1.54) is 17.7 Å². The number of carbonyl (C=O) groups is 1. The van der Waals surface area contributed by atoms with Crippen LogP contribution in [0.25, 0.3) is 0 Å². The molecule has 1 aromatic rings. The van der Waals surface area contributed by atoms with Crippen LogP contribution in [0.2, 0.25) is 0 Å². The van der Waals surface area contributed by atoms with Crippen LogP contribution in [-0.2, 0) is 11.3 Å². The lowest BCUT2D eigenvalue weighted by atomic mass is 9.85. The smallest absolute Gasteiger partial charge is 0.220 e. The van der Waals surface area contributed by atoms with Gasteiger partial charge >= 0.3 is 0 Å². The van der Waals surface area contributed by atoms with Gasteiger partial charge in [-0.1, -0.05) is 6.92 Å². The lowest BCUT2D eigenvalue weighted by Gasteiger charge is -2.28. The summed E-state index contributed by atoms with van der Waals surface area (Å²) in [6, 6.07) is 2.02. The third-order valence-corrected chi connectivity index (χ3v) is 5.71. The van der Waals surface area contributed by atoms with E-state index >= 15 is 0 Å². The molecule has 0 aliphatic carbocycles. The molecule has 1 aromatic heterocycles. The number of carbonyl (C=O) groups excluding carboxylic acids is 1. The molecule has 6 heteroatoms. The van der Waals surface area contributed by atoms with E-state index in [0.717, 1.165) is 17.6 Å². The number of thiophene rings is 1. The summed E-state index contributed by atoms with van der Waals surface area (Å²) in [7, 11) is 0. The van der Waals surface area contributed by atoms with Crippen molar-refractivity contribution in [2.24, 2.45) is 11.8 Å². The van der Waals surface area contributed by atoms with Crippen LogP contribution in [0.3, 0.4) is 0 Å². The maximum Gasteiger partial charge on any atom is 0.220 e. The molecule has 1 fully saturated rings. The average molecular weight is 382 g/mol. The Hall–Kier alpha value is -0.100. The molecule has 0 spiro atoms. The molecular formula is C14H22BrClN2OS. The first kappa shape index (κ1) is 18.0. The van der Waals surface area contributed by atoms with Crippen LogP contribution >= 0.6 is 39.7 Å². The van der Waals surface area contributed by atoms with Crippen LogP contribution in [0.15, 0.2) is 15.9 Å². The molecule has 0 saturated carbocycles. The zero-order chi connectivity index (χ0) is 13.7. The molecule has 1 aliphatic rings. The fourth-order valence-electron chi connectivity index (χ4n) is 2.53.